The maximum atomic E-state index is 13.3. The van der Waals surface area contributed by atoms with Crippen LogP contribution in [0.3, 0.4) is 0 Å². The summed E-state index contributed by atoms with van der Waals surface area (Å²) in [6, 6.07) is 2.87. The van der Waals surface area contributed by atoms with Crippen molar-refractivity contribution in [3.63, 3.8) is 0 Å². The number of hydrogen-bond acceptors (Lipinski definition) is 6. The summed E-state index contributed by atoms with van der Waals surface area (Å²) in [6.07, 6.45) is 1.98. The molecule has 6 nitrogen and oxygen atoms in total. The number of methoxy groups -OCH3 is 1. The first-order valence-electron chi connectivity index (χ1n) is 8.49. The number of sulfone groups is 2. The second kappa shape index (κ2) is 6.55. The van der Waals surface area contributed by atoms with Crippen molar-refractivity contribution in [2.75, 3.05) is 31.7 Å². The lowest BCUT2D eigenvalue weighted by Gasteiger charge is -2.28. The van der Waals surface area contributed by atoms with Crippen molar-refractivity contribution < 1.29 is 21.6 Å². The molecular weight excluding hydrogens is 362 g/mol. The van der Waals surface area contributed by atoms with E-state index in [2.05, 4.69) is 0 Å². The Hall–Kier alpha value is -1.12. The van der Waals surface area contributed by atoms with Gasteiger partial charge in [-0.2, -0.15) is 0 Å². The number of benzene rings is 1. The van der Waals surface area contributed by atoms with Gasteiger partial charge in [-0.1, -0.05) is 0 Å². The van der Waals surface area contributed by atoms with Crippen LogP contribution in [0.4, 0.5) is 0 Å². The van der Waals surface area contributed by atoms with E-state index in [0.717, 1.165) is 31.5 Å². The Bertz CT molecular complexity index is 871. The molecule has 0 aromatic heterocycles. The molecule has 2 unspecified atom stereocenters. The third-order valence-electron chi connectivity index (χ3n) is 5.28. The molecule has 2 fully saturated rings. The standard InChI is InChI=1S/C17H25NO5S2/c1-12-9-16(13(2)8-15(12)23-3)25(21,22)17-11-24(19,20)10-14(17)18-6-4-5-7-18/h8-9,14,17H,4-7,10-11H2,1-3H3. The largest absolute Gasteiger partial charge is 0.496 e. The van der Waals surface area contributed by atoms with Crippen molar-refractivity contribution >= 4 is 19.7 Å². The lowest BCUT2D eigenvalue weighted by atomic mass is 10.1. The van der Waals surface area contributed by atoms with E-state index in [9.17, 15) is 16.8 Å². The molecule has 2 aliphatic heterocycles. The first kappa shape index (κ1) is 18.7. The van der Waals surface area contributed by atoms with Gasteiger partial charge in [-0.05, 0) is 63.0 Å². The van der Waals surface area contributed by atoms with E-state index < -0.39 is 31.0 Å². The summed E-state index contributed by atoms with van der Waals surface area (Å²) in [4.78, 5) is 2.26. The Morgan fingerprint density at radius 3 is 2.32 bits per heavy atom. The van der Waals surface area contributed by atoms with E-state index in [0.29, 0.717) is 11.3 Å². The third kappa shape index (κ3) is 3.44. The van der Waals surface area contributed by atoms with Gasteiger partial charge in [0, 0.05) is 6.04 Å². The zero-order valence-electron chi connectivity index (χ0n) is 14.9. The van der Waals surface area contributed by atoms with E-state index in [-0.39, 0.29) is 16.4 Å². The summed E-state index contributed by atoms with van der Waals surface area (Å²) in [6.45, 7) is 5.06. The highest BCUT2D eigenvalue weighted by Gasteiger charge is 2.48. The molecule has 0 bridgehead atoms. The van der Waals surface area contributed by atoms with Crippen LogP contribution in [0.1, 0.15) is 24.0 Å². The summed E-state index contributed by atoms with van der Waals surface area (Å²) in [5.74, 6) is 0.276. The number of ether oxygens (including phenoxy) is 1. The van der Waals surface area contributed by atoms with Crippen molar-refractivity contribution in [3.05, 3.63) is 23.3 Å². The molecule has 0 spiro atoms. The Morgan fingerprint density at radius 2 is 1.72 bits per heavy atom. The predicted octanol–water partition coefficient (Wildman–Crippen LogP) is 1.35. The zero-order valence-corrected chi connectivity index (χ0v) is 16.5. The minimum Gasteiger partial charge on any atom is -0.496 e. The second-order valence-corrected chi connectivity index (χ2v) is 11.3. The first-order valence-corrected chi connectivity index (χ1v) is 11.9. The zero-order chi connectivity index (χ0) is 18.4. The van der Waals surface area contributed by atoms with E-state index >= 15 is 0 Å². The molecule has 0 radical (unpaired) electrons. The average Bonchev–Trinajstić information content (AvgIpc) is 3.16. The Morgan fingerprint density at radius 1 is 1.08 bits per heavy atom. The summed E-state index contributed by atoms with van der Waals surface area (Å²) in [5, 5.41) is -0.901. The van der Waals surface area contributed by atoms with Crippen LogP contribution in [-0.4, -0.2) is 64.7 Å². The predicted molar refractivity (Wildman–Crippen MR) is 96.7 cm³/mol. The molecule has 2 atom stereocenters. The number of likely N-dealkylation sites (tertiary alicyclic amines) is 1. The van der Waals surface area contributed by atoms with Crippen LogP contribution in [0.5, 0.6) is 5.75 Å². The molecule has 1 aromatic carbocycles. The van der Waals surface area contributed by atoms with E-state index in [1.165, 1.54) is 0 Å². The summed E-state index contributed by atoms with van der Waals surface area (Å²) < 4.78 is 56.4. The van der Waals surface area contributed by atoms with Gasteiger partial charge >= 0.3 is 0 Å². The minimum atomic E-state index is -3.75. The van der Waals surface area contributed by atoms with E-state index in [1.54, 1.807) is 33.1 Å². The summed E-state index contributed by atoms with van der Waals surface area (Å²) >= 11 is 0. The van der Waals surface area contributed by atoms with E-state index in [1.807, 2.05) is 4.90 Å². The Labute approximate surface area is 150 Å². The molecule has 140 valence electrons. The number of rotatable bonds is 4. The van der Waals surface area contributed by atoms with Gasteiger partial charge in [0.05, 0.1) is 28.8 Å². The van der Waals surface area contributed by atoms with Crippen LogP contribution >= 0.6 is 0 Å². The number of hydrogen-bond donors (Lipinski definition) is 0. The maximum absolute atomic E-state index is 13.3. The molecule has 25 heavy (non-hydrogen) atoms. The lowest BCUT2D eigenvalue weighted by Crippen LogP contribution is -2.45. The summed E-state index contributed by atoms with van der Waals surface area (Å²) in [7, 11) is -5.56. The highest BCUT2D eigenvalue weighted by atomic mass is 32.2. The number of aryl methyl sites for hydroxylation is 2. The third-order valence-corrected chi connectivity index (χ3v) is 9.54. The van der Waals surface area contributed by atoms with Crippen molar-refractivity contribution in [2.24, 2.45) is 0 Å². The van der Waals surface area contributed by atoms with Crippen LogP contribution in [-0.2, 0) is 19.7 Å². The molecular formula is C17H25NO5S2. The van der Waals surface area contributed by atoms with Gasteiger partial charge in [0.15, 0.2) is 19.7 Å². The molecule has 0 aliphatic carbocycles. The van der Waals surface area contributed by atoms with Gasteiger partial charge in [-0.3, -0.25) is 4.90 Å². The minimum absolute atomic E-state index is 0.0644. The topological polar surface area (TPSA) is 80.8 Å². The molecule has 2 saturated heterocycles. The first-order chi connectivity index (χ1) is 11.7. The fourth-order valence-electron chi connectivity index (χ4n) is 3.96. The monoisotopic (exact) mass is 387 g/mol. The van der Waals surface area contributed by atoms with Gasteiger partial charge < -0.3 is 4.74 Å². The average molecular weight is 388 g/mol. The lowest BCUT2D eigenvalue weighted by molar-refractivity contribution is 0.264. The van der Waals surface area contributed by atoms with Crippen LogP contribution in [0, 0.1) is 13.8 Å². The normalized spacial score (nSPS) is 26.8. The van der Waals surface area contributed by atoms with Crippen molar-refractivity contribution in [1.29, 1.82) is 0 Å². The number of nitrogens with zero attached hydrogens (tertiary/aromatic N) is 1. The quantitative estimate of drug-likeness (QED) is 0.776. The Kier molecular flexibility index (Phi) is 4.89. The van der Waals surface area contributed by atoms with Crippen molar-refractivity contribution in [2.45, 2.75) is 42.9 Å². The molecule has 2 heterocycles. The maximum Gasteiger partial charge on any atom is 0.184 e. The highest BCUT2D eigenvalue weighted by Crippen LogP contribution is 2.34. The molecule has 2 aliphatic rings. The van der Waals surface area contributed by atoms with Gasteiger partial charge in [-0.15, -0.1) is 0 Å². The highest BCUT2D eigenvalue weighted by molar-refractivity contribution is 7.96. The fraction of sp³-hybridized carbons (Fsp3) is 0.647. The summed E-state index contributed by atoms with van der Waals surface area (Å²) in [5.41, 5.74) is 1.32. The van der Waals surface area contributed by atoms with Gasteiger partial charge in [0.2, 0.25) is 0 Å². The molecule has 3 rings (SSSR count). The molecule has 0 amide bonds. The van der Waals surface area contributed by atoms with Crippen molar-refractivity contribution in [1.82, 2.24) is 4.90 Å². The van der Waals surface area contributed by atoms with Crippen LogP contribution in [0.15, 0.2) is 17.0 Å². The van der Waals surface area contributed by atoms with Gasteiger partial charge in [0.25, 0.3) is 0 Å². The van der Waals surface area contributed by atoms with Crippen molar-refractivity contribution in [3.8, 4) is 5.75 Å². The van der Waals surface area contributed by atoms with Gasteiger partial charge in [0.1, 0.15) is 5.75 Å². The smallest absolute Gasteiger partial charge is 0.184 e. The van der Waals surface area contributed by atoms with Crippen LogP contribution < -0.4 is 4.74 Å². The molecule has 8 heteroatoms. The second-order valence-electron chi connectivity index (χ2n) is 7.06. The van der Waals surface area contributed by atoms with E-state index in [4.69, 9.17) is 4.74 Å². The fourth-order valence-corrected chi connectivity index (χ4v) is 9.10. The molecule has 0 N–H and O–H groups in total. The Balaban J connectivity index is 2.04. The van der Waals surface area contributed by atoms with Crippen LogP contribution in [0.25, 0.3) is 0 Å². The molecule has 0 saturated carbocycles. The van der Waals surface area contributed by atoms with Crippen LogP contribution in [0.2, 0.25) is 0 Å². The molecule has 1 aromatic rings. The van der Waals surface area contributed by atoms with Gasteiger partial charge in [-0.25, -0.2) is 16.8 Å². The SMILES string of the molecule is COc1cc(C)c(S(=O)(=O)C2CS(=O)(=O)CC2N2CCCC2)cc1C.